The molecule has 3 aliphatic rings. The number of allylic oxidation sites excluding steroid dienone is 2. The van der Waals surface area contributed by atoms with Crippen LogP contribution in [0.3, 0.4) is 0 Å². The van der Waals surface area contributed by atoms with E-state index in [0.717, 1.165) is 37.2 Å². The van der Waals surface area contributed by atoms with Gasteiger partial charge in [0, 0.05) is 42.7 Å². The van der Waals surface area contributed by atoms with Gasteiger partial charge in [0.15, 0.2) is 5.79 Å². The molecular formula is C25H28N4O5. The Kier molecular flexibility index (Phi) is 6.09. The van der Waals surface area contributed by atoms with Crippen LogP contribution in [0.2, 0.25) is 0 Å². The lowest BCUT2D eigenvalue weighted by Crippen LogP contribution is -2.45. The van der Waals surface area contributed by atoms with Gasteiger partial charge in [-0.25, -0.2) is 0 Å². The van der Waals surface area contributed by atoms with Gasteiger partial charge in [-0.15, -0.1) is 5.59 Å². The van der Waals surface area contributed by atoms with Gasteiger partial charge in [0.05, 0.1) is 26.9 Å². The zero-order valence-electron chi connectivity index (χ0n) is 19.1. The number of ether oxygens (including phenoxy) is 2. The fourth-order valence-corrected chi connectivity index (χ4v) is 4.80. The summed E-state index contributed by atoms with van der Waals surface area (Å²) in [5, 5.41) is 1.47. The molecule has 2 heterocycles. The van der Waals surface area contributed by atoms with Gasteiger partial charge >= 0.3 is 0 Å². The molecule has 0 unspecified atom stereocenters. The number of carbonyl (C=O) groups is 2. The fourth-order valence-electron chi connectivity index (χ4n) is 4.80. The second-order valence-corrected chi connectivity index (χ2v) is 8.61. The molecule has 0 saturated carbocycles. The van der Waals surface area contributed by atoms with Crippen LogP contribution in [-0.4, -0.2) is 55.8 Å². The molecule has 1 spiro atoms. The molecule has 0 bridgehead atoms. The normalized spacial score (nSPS) is 19.6. The van der Waals surface area contributed by atoms with Crippen LogP contribution >= 0.6 is 0 Å². The zero-order valence-corrected chi connectivity index (χ0v) is 19.1. The number of piperidine rings is 1. The maximum Gasteiger partial charge on any atom is 0.213 e. The smallest absolute Gasteiger partial charge is 0.213 e. The van der Waals surface area contributed by atoms with Crippen LogP contribution in [-0.2, 0) is 20.9 Å². The Labute approximate surface area is 198 Å². The second kappa shape index (κ2) is 9.19. The van der Waals surface area contributed by atoms with E-state index in [0.29, 0.717) is 24.3 Å². The third-order valence-electron chi connectivity index (χ3n) is 6.58. The number of nitrogens with one attached hydrogen (secondary N) is 1. The van der Waals surface area contributed by atoms with Crippen LogP contribution in [0, 0.1) is 0 Å². The highest BCUT2D eigenvalue weighted by Gasteiger charge is 2.40. The van der Waals surface area contributed by atoms with Crippen molar-refractivity contribution in [2.24, 2.45) is 5.73 Å². The number of ketones is 2. The highest BCUT2D eigenvalue weighted by molar-refractivity contribution is 6.26. The quantitative estimate of drug-likeness (QED) is 0.622. The van der Waals surface area contributed by atoms with E-state index in [4.69, 9.17) is 20.0 Å². The molecule has 2 aromatic rings. The summed E-state index contributed by atoms with van der Waals surface area (Å²) in [5.41, 5.74) is 11.5. The predicted molar refractivity (Wildman–Crippen MR) is 125 cm³/mol. The predicted octanol–water partition coefficient (Wildman–Crippen LogP) is 2.15. The van der Waals surface area contributed by atoms with Crippen molar-refractivity contribution in [1.82, 2.24) is 10.6 Å². The average molecular weight is 465 g/mol. The first-order valence-electron chi connectivity index (χ1n) is 11.4. The van der Waals surface area contributed by atoms with Crippen LogP contribution in [0.5, 0.6) is 0 Å². The van der Waals surface area contributed by atoms with Gasteiger partial charge in [0.25, 0.3) is 0 Å². The number of nitrogens with zero attached hydrogens (tertiary/aromatic N) is 2. The van der Waals surface area contributed by atoms with Crippen molar-refractivity contribution in [1.29, 1.82) is 0 Å². The molecule has 1 aliphatic carbocycles. The maximum absolute atomic E-state index is 13.2. The summed E-state index contributed by atoms with van der Waals surface area (Å²) >= 11 is 0. The van der Waals surface area contributed by atoms with Crippen LogP contribution in [0.4, 0.5) is 5.69 Å². The summed E-state index contributed by atoms with van der Waals surface area (Å²) in [6.07, 6.45) is 1.68. The van der Waals surface area contributed by atoms with Crippen molar-refractivity contribution in [2.75, 3.05) is 38.3 Å². The van der Waals surface area contributed by atoms with Crippen LogP contribution < -0.4 is 16.2 Å². The number of benzene rings is 2. The monoisotopic (exact) mass is 464 g/mol. The lowest BCUT2D eigenvalue weighted by atomic mass is 9.90. The Hall–Kier alpha value is -3.24. The summed E-state index contributed by atoms with van der Waals surface area (Å²) in [5.74, 6) is -1.10. The average Bonchev–Trinajstić information content (AvgIpc) is 3.32. The third-order valence-corrected chi connectivity index (χ3v) is 6.58. The maximum atomic E-state index is 13.2. The number of rotatable bonds is 6. The Morgan fingerprint density at radius 1 is 1.00 bits per heavy atom. The molecule has 0 amide bonds. The van der Waals surface area contributed by atoms with E-state index in [-0.39, 0.29) is 29.5 Å². The van der Waals surface area contributed by atoms with Crippen LogP contribution in [0.1, 0.15) is 39.1 Å². The number of hydrogen-bond acceptors (Lipinski definition) is 9. The summed E-state index contributed by atoms with van der Waals surface area (Å²) in [4.78, 5) is 33.4. The van der Waals surface area contributed by atoms with Crippen molar-refractivity contribution in [3.8, 4) is 0 Å². The van der Waals surface area contributed by atoms with E-state index in [1.807, 2.05) is 12.1 Å². The molecule has 5 rings (SSSR count). The molecule has 3 N–H and O–H groups in total. The van der Waals surface area contributed by atoms with Gasteiger partial charge in [-0.1, -0.05) is 36.4 Å². The molecule has 2 aliphatic heterocycles. The van der Waals surface area contributed by atoms with Crippen molar-refractivity contribution in [3.05, 3.63) is 76.6 Å². The van der Waals surface area contributed by atoms with Gasteiger partial charge in [0.1, 0.15) is 11.4 Å². The molecular weight excluding hydrogens is 436 g/mol. The second-order valence-electron chi connectivity index (χ2n) is 8.61. The Balaban J connectivity index is 1.32. The summed E-state index contributed by atoms with van der Waals surface area (Å²) < 4.78 is 11.6. The number of nitrogens with two attached hydrogens (primary N) is 1. The number of Topliss-reactive ketones (excluding diaryl/α,β-unsaturated/α-hetero) is 2. The molecule has 34 heavy (non-hydrogen) atoms. The highest BCUT2D eigenvalue weighted by atomic mass is 16.7. The van der Waals surface area contributed by atoms with Gasteiger partial charge in [-0.3, -0.25) is 19.4 Å². The molecule has 9 nitrogen and oxygen atoms in total. The summed E-state index contributed by atoms with van der Waals surface area (Å²) in [6, 6.07) is 14.8. The van der Waals surface area contributed by atoms with Crippen molar-refractivity contribution in [3.63, 3.8) is 0 Å². The highest BCUT2D eigenvalue weighted by Crippen LogP contribution is 2.33. The van der Waals surface area contributed by atoms with Crippen molar-refractivity contribution >= 4 is 17.3 Å². The minimum atomic E-state index is -0.404. The summed E-state index contributed by atoms with van der Waals surface area (Å²) in [7, 11) is 1.44. The number of hydrazine groups is 1. The molecule has 2 aromatic carbocycles. The standard InChI is InChI=1S/C25H28N4O5/c1-32-27-29(22-21(26)23(30)19-4-2-3-5-20(19)24(22)31)16-17-6-8-18(9-7-17)28-12-10-25(11-13-28)33-14-15-34-25/h2-9,27H,10-16,26H2,1H3. The molecule has 0 aromatic heterocycles. The molecule has 0 atom stereocenters. The Morgan fingerprint density at radius 2 is 1.62 bits per heavy atom. The van der Waals surface area contributed by atoms with Gasteiger partial charge in [-0.2, -0.15) is 0 Å². The van der Waals surface area contributed by atoms with Gasteiger partial charge in [0.2, 0.25) is 11.6 Å². The van der Waals surface area contributed by atoms with E-state index < -0.39 is 5.79 Å². The lowest BCUT2D eigenvalue weighted by molar-refractivity contribution is -0.169. The minimum absolute atomic E-state index is 0.0764. The topological polar surface area (TPSA) is 106 Å². The van der Waals surface area contributed by atoms with Gasteiger partial charge in [-0.05, 0) is 17.7 Å². The van der Waals surface area contributed by atoms with Crippen molar-refractivity contribution in [2.45, 2.75) is 25.2 Å². The van der Waals surface area contributed by atoms with E-state index >= 15 is 0 Å². The zero-order chi connectivity index (χ0) is 23.7. The van der Waals surface area contributed by atoms with Crippen LogP contribution in [0.15, 0.2) is 59.9 Å². The molecule has 0 radical (unpaired) electrons. The number of hydrogen-bond donors (Lipinski definition) is 2. The largest absolute Gasteiger partial charge is 0.394 e. The van der Waals surface area contributed by atoms with E-state index in [1.165, 1.54) is 12.1 Å². The lowest BCUT2D eigenvalue weighted by Gasteiger charge is -2.38. The Morgan fingerprint density at radius 3 is 2.24 bits per heavy atom. The van der Waals surface area contributed by atoms with E-state index in [9.17, 15) is 9.59 Å². The van der Waals surface area contributed by atoms with E-state index in [1.54, 1.807) is 24.3 Å². The molecule has 178 valence electrons. The van der Waals surface area contributed by atoms with E-state index in [2.05, 4.69) is 22.6 Å². The first-order chi connectivity index (χ1) is 16.5. The number of fused-ring (bicyclic) bond motifs is 1. The molecule has 9 heteroatoms. The van der Waals surface area contributed by atoms with Crippen LogP contribution in [0.25, 0.3) is 0 Å². The number of anilines is 1. The molecule has 2 fully saturated rings. The minimum Gasteiger partial charge on any atom is -0.394 e. The Bertz CT molecular complexity index is 1110. The summed E-state index contributed by atoms with van der Waals surface area (Å²) in [6.45, 7) is 3.32. The first-order valence-corrected chi connectivity index (χ1v) is 11.4. The molecule has 2 saturated heterocycles. The fraction of sp³-hybridized carbons (Fsp3) is 0.360. The SMILES string of the molecule is CONN(Cc1ccc(N2CCC3(CC2)OCCO3)cc1)C1=C(N)C(=O)c2ccccc2C1=O. The van der Waals surface area contributed by atoms with Gasteiger partial charge < -0.3 is 20.1 Å². The number of carbonyl (C=O) groups excluding carboxylic acids is 2. The third kappa shape index (κ3) is 4.07. The van der Waals surface area contributed by atoms with Crippen molar-refractivity contribution < 1.29 is 23.9 Å². The first kappa shape index (κ1) is 22.5.